The molecule has 122 valence electrons. The van der Waals surface area contributed by atoms with Gasteiger partial charge in [-0.1, -0.05) is 92.7 Å². The summed E-state index contributed by atoms with van der Waals surface area (Å²) in [5.41, 5.74) is 6.56. The van der Waals surface area contributed by atoms with Crippen LogP contribution in [0.25, 0.3) is 33.0 Å². The van der Waals surface area contributed by atoms with E-state index in [1.54, 1.807) is 0 Å². The standard InChI is InChI=1S/C25H22/c1-18(2)24-16-21-11-6-7-12-22(21)17-25(24)23-14-8-13-20(15-23)19-9-4-3-5-10-19/h3-18H,1-2H3. The van der Waals surface area contributed by atoms with Gasteiger partial charge in [0.05, 0.1) is 0 Å². The highest BCUT2D eigenvalue weighted by atomic mass is 14.2. The van der Waals surface area contributed by atoms with Crippen molar-refractivity contribution in [1.29, 1.82) is 0 Å². The van der Waals surface area contributed by atoms with E-state index < -0.39 is 0 Å². The van der Waals surface area contributed by atoms with Crippen molar-refractivity contribution in [3.63, 3.8) is 0 Å². The molecular weight excluding hydrogens is 300 g/mol. The maximum absolute atomic E-state index is 2.35. The van der Waals surface area contributed by atoms with E-state index in [-0.39, 0.29) is 0 Å². The van der Waals surface area contributed by atoms with E-state index in [4.69, 9.17) is 0 Å². The van der Waals surface area contributed by atoms with E-state index in [9.17, 15) is 0 Å². The molecule has 0 heterocycles. The van der Waals surface area contributed by atoms with Gasteiger partial charge in [-0.25, -0.2) is 0 Å². The molecule has 0 radical (unpaired) electrons. The molecule has 0 spiro atoms. The molecule has 0 nitrogen and oxygen atoms in total. The van der Waals surface area contributed by atoms with E-state index in [1.807, 2.05) is 0 Å². The fraction of sp³-hybridized carbons (Fsp3) is 0.120. The van der Waals surface area contributed by atoms with Crippen molar-refractivity contribution in [1.82, 2.24) is 0 Å². The Hall–Kier alpha value is -2.86. The van der Waals surface area contributed by atoms with Crippen molar-refractivity contribution >= 4 is 10.8 Å². The second-order valence-corrected chi connectivity index (χ2v) is 6.89. The van der Waals surface area contributed by atoms with Gasteiger partial charge in [0, 0.05) is 0 Å². The third-order valence-electron chi connectivity index (χ3n) is 4.82. The van der Waals surface area contributed by atoms with Crippen LogP contribution in [0.2, 0.25) is 0 Å². The lowest BCUT2D eigenvalue weighted by atomic mass is 9.89. The Morgan fingerprint density at radius 3 is 1.84 bits per heavy atom. The van der Waals surface area contributed by atoms with Gasteiger partial charge in [-0.05, 0) is 56.6 Å². The highest BCUT2D eigenvalue weighted by molar-refractivity contribution is 5.90. The lowest BCUT2D eigenvalue weighted by Gasteiger charge is -2.16. The molecule has 4 rings (SSSR count). The van der Waals surface area contributed by atoms with Gasteiger partial charge in [0.2, 0.25) is 0 Å². The first-order valence-corrected chi connectivity index (χ1v) is 8.91. The maximum Gasteiger partial charge on any atom is -0.0143 e. The lowest BCUT2D eigenvalue weighted by Crippen LogP contribution is -1.93. The average Bonchev–Trinajstić information content (AvgIpc) is 2.67. The predicted octanol–water partition coefficient (Wildman–Crippen LogP) is 7.30. The molecule has 4 aromatic rings. The van der Waals surface area contributed by atoms with Crippen LogP contribution in [-0.2, 0) is 0 Å². The molecule has 0 atom stereocenters. The molecular formula is C25H22. The molecule has 0 heteroatoms. The van der Waals surface area contributed by atoms with Gasteiger partial charge in [0.25, 0.3) is 0 Å². The van der Waals surface area contributed by atoms with Crippen molar-refractivity contribution in [2.24, 2.45) is 0 Å². The molecule has 0 saturated heterocycles. The molecule has 0 aliphatic heterocycles. The molecule has 0 aliphatic carbocycles. The SMILES string of the molecule is CC(C)c1cc2ccccc2cc1-c1cccc(-c2ccccc2)c1. The normalized spacial score (nSPS) is 11.2. The zero-order chi connectivity index (χ0) is 17.2. The van der Waals surface area contributed by atoms with Crippen LogP contribution in [-0.4, -0.2) is 0 Å². The van der Waals surface area contributed by atoms with Crippen LogP contribution >= 0.6 is 0 Å². The fourth-order valence-electron chi connectivity index (χ4n) is 3.48. The van der Waals surface area contributed by atoms with E-state index >= 15 is 0 Å². The van der Waals surface area contributed by atoms with E-state index in [0.717, 1.165) is 0 Å². The summed E-state index contributed by atoms with van der Waals surface area (Å²) in [5.74, 6) is 0.486. The molecule has 25 heavy (non-hydrogen) atoms. The molecule has 0 N–H and O–H groups in total. The highest BCUT2D eigenvalue weighted by Crippen LogP contribution is 2.35. The first-order valence-electron chi connectivity index (χ1n) is 8.91. The summed E-state index contributed by atoms with van der Waals surface area (Å²) >= 11 is 0. The van der Waals surface area contributed by atoms with Crippen LogP contribution in [0.5, 0.6) is 0 Å². The van der Waals surface area contributed by atoms with Crippen molar-refractivity contribution in [3.8, 4) is 22.3 Å². The van der Waals surface area contributed by atoms with Crippen LogP contribution in [0.15, 0.2) is 91.0 Å². The molecule has 0 aliphatic rings. The van der Waals surface area contributed by atoms with Gasteiger partial charge in [0.1, 0.15) is 0 Å². The van der Waals surface area contributed by atoms with Crippen LogP contribution in [0, 0.1) is 0 Å². The summed E-state index contributed by atoms with van der Waals surface area (Å²) in [7, 11) is 0. The van der Waals surface area contributed by atoms with Crippen LogP contribution in [0.4, 0.5) is 0 Å². The summed E-state index contributed by atoms with van der Waals surface area (Å²) in [6, 6.07) is 32.8. The largest absolute Gasteiger partial charge is 0.0622 e. The minimum Gasteiger partial charge on any atom is -0.0622 e. The number of rotatable bonds is 3. The Kier molecular flexibility index (Phi) is 4.11. The van der Waals surface area contributed by atoms with E-state index in [1.165, 1.54) is 38.6 Å². The molecule has 0 saturated carbocycles. The summed E-state index contributed by atoms with van der Waals surface area (Å²) in [6.45, 7) is 4.54. The van der Waals surface area contributed by atoms with Crippen LogP contribution in [0.1, 0.15) is 25.3 Å². The quantitative estimate of drug-likeness (QED) is 0.371. The molecule has 0 amide bonds. The van der Waals surface area contributed by atoms with Crippen molar-refractivity contribution in [2.75, 3.05) is 0 Å². The molecule has 4 aromatic carbocycles. The summed E-state index contributed by atoms with van der Waals surface area (Å²) in [4.78, 5) is 0. The Morgan fingerprint density at radius 2 is 1.12 bits per heavy atom. The first-order chi connectivity index (χ1) is 12.2. The van der Waals surface area contributed by atoms with Gasteiger partial charge in [0.15, 0.2) is 0 Å². The first kappa shape index (κ1) is 15.7. The van der Waals surface area contributed by atoms with Crippen LogP contribution < -0.4 is 0 Å². The number of benzene rings is 4. The van der Waals surface area contributed by atoms with E-state index in [0.29, 0.717) is 5.92 Å². The Bertz CT molecular complexity index is 1010. The van der Waals surface area contributed by atoms with Gasteiger partial charge < -0.3 is 0 Å². The highest BCUT2D eigenvalue weighted by Gasteiger charge is 2.11. The second-order valence-electron chi connectivity index (χ2n) is 6.89. The van der Waals surface area contributed by atoms with Crippen molar-refractivity contribution in [2.45, 2.75) is 19.8 Å². The number of hydrogen-bond acceptors (Lipinski definition) is 0. The number of hydrogen-bond donors (Lipinski definition) is 0. The Morgan fingerprint density at radius 1 is 0.520 bits per heavy atom. The predicted molar refractivity (Wildman–Crippen MR) is 109 cm³/mol. The van der Waals surface area contributed by atoms with Crippen molar-refractivity contribution in [3.05, 3.63) is 96.6 Å². The summed E-state index contributed by atoms with van der Waals surface area (Å²) in [5, 5.41) is 2.61. The minimum absolute atomic E-state index is 0.486. The van der Waals surface area contributed by atoms with Crippen LogP contribution in [0.3, 0.4) is 0 Å². The Balaban J connectivity index is 1.91. The van der Waals surface area contributed by atoms with Gasteiger partial charge in [-0.2, -0.15) is 0 Å². The lowest BCUT2D eigenvalue weighted by molar-refractivity contribution is 0.871. The number of fused-ring (bicyclic) bond motifs is 1. The van der Waals surface area contributed by atoms with E-state index in [2.05, 4.69) is 105 Å². The van der Waals surface area contributed by atoms with Gasteiger partial charge >= 0.3 is 0 Å². The second kappa shape index (κ2) is 6.57. The summed E-state index contributed by atoms with van der Waals surface area (Å²) < 4.78 is 0. The minimum atomic E-state index is 0.486. The molecule has 0 aromatic heterocycles. The Labute approximate surface area is 149 Å². The van der Waals surface area contributed by atoms with Crippen molar-refractivity contribution < 1.29 is 0 Å². The zero-order valence-electron chi connectivity index (χ0n) is 14.7. The average molecular weight is 322 g/mol. The molecule has 0 bridgehead atoms. The van der Waals surface area contributed by atoms with Gasteiger partial charge in [-0.15, -0.1) is 0 Å². The maximum atomic E-state index is 2.35. The third kappa shape index (κ3) is 3.08. The van der Waals surface area contributed by atoms with Gasteiger partial charge in [-0.3, -0.25) is 0 Å². The summed E-state index contributed by atoms with van der Waals surface area (Å²) in [6.07, 6.45) is 0. The monoisotopic (exact) mass is 322 g/mol. The topological polar surface area (TPSA) is 0 Å². The smallest absolute Gasteiger partial charge is 0.0143 e. The molecule has 0 unspecified atom stereocenters. The zero-order valence-corrected chi connectivity index (χ0v) is 14.7. The molecule has 0 fully saturated rings. The fourth-order valence-corrected chi connectivity index (χ4v) is 3.48. The third-order valence-corrected chi connectivity index (χ3v) is 4.82.